The quantitative estimate of drug-likeness (QED) is 0.519. The van der Waals surface area contributed by atoms with E-state index in [1.807, 2.05) is 0 Å². The number of methoxy groups -OCH3 is 1. The fourth-order valence-corrected chi connectivity index (χ4v) is 2.05. The second kappa shape index (κ2) is 5.20. The highest BCUT2D eigenvalue weighted by molar-refractivity contribution is 5.58. The maximum atomic E-state index is 11.1. The van der Waals surface area contributed by atoms with Crippen molar-refractivity contribution in [2.45, 2.75) is 32.6 Å². The maximum absolute atomic E-state index is 11.1. The zero-order valence-electron chi connectivity index (χ0n) is 9.12. The highest BCUT2D eigenvalue weighted by Crippen LogP contribution is 2.20. The number of hydrogen-bond acceptors (Lipinski definition) is 3. The summed E-state index contributed by atoms with van der Waals surface area (Å²) in [7, 11) is 1.36. The largest absolute Gasteiger partial charge is 0.559 e. The molecule has 0 radical (unpaired) electrons. The normalized spacial score (nSPS) is 20.1. The first kappa shape index (κ1) is 11.3. The smallest absolute Gasteiger partial charge is 0.434 e. The lowest BCUT2D eigenvalue weighted by atomic mass is 10.1. The van der Waals surface area contributed by atoms with Crippen molar-refractivity contribution in [1.82, 2.24) is 0 Å². The molecule has 0 aromatic carbocycles. The molecule has 0 amide bonds. The minimum absolute atomic E-state index is 0.461. The first-order chi connectivity index (χ1) is 6.72. The lowest BCUT2D eigenvalue weighted by molar-refractivity contribution is -1.09. The summed E-state index contributed by atoms with van der Waals surface area (Å²) in [5.41, 5.74) is 0. The van der Waals surface area contributed by atoms with Crippen LogP contribution in [0.1, 0.15) is 32.6 Å². The average Bonchev–Trinajstić information content (AvgIpc) is 2.19. The Kier molecular flexibility index (Phi) is 4.20. The average molecular weight is 202 g/mol. The highest BCUT2D eigenvalue weighted by atomic mass is 16.8. The maximum Gasteiger partial charge on any atom is 0.559 e. The van der Waals surface area contributed by atoms with E-state index in [0.29, 0.717) is 4.65 Å². The van der Waals surface area contributed by atoms with Gasteiger partial charge < -0.3 is 4.74 Å². The molecule has 0 aromatic rings. The van der Waals surface area contributed by atoms with Gasteiger partial charge in [-0.1, -0.05) is 6.92 Å². The van der Waals surface area contributed by atoms with E-state index in [9.17, 15) is 4.79 Å². The Morgan fingerprint density at radius 3 is 2.43 bits per heavy atom. The first-order valence-corrected chi connectivity index (χ1v) is 5.36. The number of quaternary nitrogens is 1. The van der Waals surface area contributed by atoms with Gasteiger partial charge in [0.05, 0.1) is 7.11 Å². The fraction of sp³-hybridized carbons (Fsp3) is 0.900. The third-order valence-electron chi connectivity index (χ3n) is 2.70. The molecule has 14 heavy (non-hydrogen) atoms. The summed E-state index contributed by atoms with van der Waals surface area (Å²) in [6.45, 7) is 4.87. The van der Waals surface area contributed by atoms with Crippen LogP contribution in [0.5, 0.6) is 0 Å². The molecule has 1 saturated heterocycles. The van der Waals surface area contributed by atoms with Crippen molar-refractivity contribution in [2.24, 2.45) is 0 Å². The summed E-state index contributed by atoms with van der Waals surface area (Å²) < 4.78 is 5.01. The SMILES string of the molecule is CCC[N+]1(OC(=O)OC)CCCCC1. The Morgan fingerprint density at radius 1 is 1.29 bits per heavy atom. The second-order valence-electron chi connectivity index (χ2n) is 3.84. The van der Waals surface area contributed by atoms with Gasteiger partial charge >= 0.3 is 6.16 Å². The number of hydroxylamine groups is 3. The Labute approximate surface area is 85.3 Å². The molecule has 0 N–H and O–H groups in total. The molecule has 0 saturated carbocycles. The Morgan fingerprint density at radius 2 is 1.93 bits per heavy atom. The van der Waals surface area contributed by atoms with Gasteiger partial charge in [0, 0.05) is 12.8 Å². The molecule has 0 atom stereocenters. The van der Waals surface area contributed by atoms with Gasteiger partial charge in [0.1, 0.15) is 19.6 Å². The van der Waals surface area contributed by atoms with Crippen molar-refractivity contribution in [1.29, 1.82) is 0 Å². The van der Waals surface area contributed by atoms with Crippen molar-refractivity contribution >= 4 is 6.16 Å². The van der Waals surface area contributed by atoms with Gasteiger partial charge in [0.2, 0.25) is 0 Å². The number of nitrogens with zero attached hydrogens (tertiary/aromatic N) is 1. The minimum atomic E-state index is -0.555. The van der Waals surface area contributed by atoms with Gasteiger partial charge in [0.25, 0.3) is 0 Å². The van der Waals surface area contributed by atoms with Crippen molar-refractivity contribution in [2.75, 3.05) is 26.7 Å². The summed E-state index contributed by atoms with van der Waals surface area (Å²) in [5, 5.41) is 0. The van der Waals surface area contributed by atoms with Gasteiger partial charge in [-0.3, -0.25) is 0 Å². The molecule has 1 rings (SSSR count). The second-order valence-corrected chi connectivity index (χ2v) is 3.84. The minimum Gasteiger partial charge on any atom is -0.434 e. The molecule has 0 unspecified atom stereocenters. The van der Waals surface area contributed by atoms with Crippen molar-refractivity contribution in [3.8, 4) is 0 Å². The monoisotopic (exact) mass is 202 g/mol. The predicted octanol–water partition coefficient (Wildman–Crippen LogP) is 2.10. The standard InChI is InChI=1S/C10H20NO3/c1-3-7-11(14-10(12)13-2)8-5-4-6-9-11/h3-9H2,1-2H3/q+1. The molecule has 4 nitrogen and oxygen atoms in total. The Bertz CT molecular complexity index is 182. The van der Waals surface area contributed by atoms with Gasteiger partial charge in [-0.25, -0.2) is 4.84 Å². The van der Waals surface area contributed by atoms with Crippen LogP contribution < -0.4 is 0 Å². The molecule has 0 aromatic heterocycles. The lowest BCUT2D eigenvalue weighted by Gasteiger charge is -2.36. The molecule has 1 aliphatic heterocycles. The van der Waals surface area contributed by atoms with Crippen molar-refractivity contribution < 1.29 is 19.0 Å². The summed E-state index contributed by atoms with van der Waals surface area (Å²) >= 11 is 0. The molecule has 1 aliphatic rings. The van der Waals surface area contributed by atoms with E-state index in [-0.39, 0.29) is 0 Å². The van der Waals surface area contributed by atoms with Crippen molar-refractivity contribution in [3.05, 3.63) is 0 Å². The van der Waals surface area contributed by atoms with Crippen LogP contribution in [0.4, 0.5) is 4.79 Å². The van der Waals surface area contributed by atoms with E-state index in [4.69, 9.17) is 4.84 Å². The lowest BCUT2D eigenvalue weighted by Crippen LogP contribution is -2.52. The molecule has 4 heteroatoms. The van der Waals surface area contributed by atoms with Gasteiger partial charge in [-0.2, -0.15) is 4.79 Å². The number of likely N-dealkylation sites (tertiary alicyclic amines) is 1. The Balaban J connectivity index is 2.55. The number of piperidine rings is 1. The molecule has 1 fully saturated rings. The summed E-state index contributed by atoms with van der Waals surface area (Å²) in [6.07, 6.45) is 3.99. The van der Waals surface area contributed by atoms with E-state index in [2.05, 4.69) is 11.7 Å². The number of ether oxygens (including phenoxy) is 1. The van der Waals surface area contributed by atoms with Crippen LogP contribution in [0.2, 0.25) is 0 Å². The number of carbonyl (C=O) groups excluding carboxylic acids is 1. The number of rotatable bonds is 3. The van der Waals surface area contributed by atoms with Crippen LogP contribution in [0.15, 0.2) is 0 Å². The summed E-state index contributed by atoms with van der Waals surface area (Å²) in [6, 6.07) is 0. The molecular weight excluding hydrogens is 182 g/mol. The predicted molar refractivity (Wildman–Crippen MR) is 52.5 cm³/mol. The van der Waals surface area contributed by atoms with Crippen LogP contribution in [0.25, 0.3) is 0 Å². The van der Waals surface area contributed by atoms with Crippen LogP contribution in [-0.4, -0.2) is 37.5 Å². The van der Waals surface area contributed by atoms with Crippen molar-refractivity contribution in [3.63, 3.8) is 0 Å². The van der Waals surface area contributed by atoms with Crippen LogP contribution >= 0.6 is 0 Å². The van der Waals surface area contributed by atoms with E-state index < -0.39 is 6.16 Å². The zero-order chi connectivity index (χ0) is 10.4. The molecule has 1 heterocycles. The van der Waals surface area contributed by atoms with Gasteiger partial charge in [0.15, 0.2) is 0 Å². The molecule has 82 valence electrons. The van der Waals surface area contributed by atoms with Crippen LogP contribution in [0.3, 0.4) is 0 Å². The van der Waals surface area contributed by atoms with E-state index >= 15 is 0 Å². The molecule has 0 aliphatic carbocycles. The third kappa shape index (κ3) is 2.87. The summed E-state index contributed by atoms with van der Waals surface area (Å²) in [5.74, 6) is 0. The first-order valence-electron chi connectivity index (χ1n) is 5.36. The van der Waals surface area contributed by atoms with E-state index in [0.717, 1.165) is 38.9 Å². The highest BCUT2D eigenvalue weighted by Gasteiger charge is 2.34. The third-order valence-corrected chi connectivity index (χ3v) is 2.70. The van der Waals surface area contributed by atoms with Gasteiger partial charge in [-0.15, -0.1) is 4.65 Å². The van der Waals surface area contributed by atoms with Gasteiger partial charge in [-0.05, 0) is 12.8 Å². The van der Waals surface area contributed by atoms with E-state index in [1.165, 1.54) is 13.5 Å². The summed E-state index contributed by atoms with van der Waals surface area (Å²) in [4.78, 5) is 16.4. The number of carbonyl (C=O) groups is 1. The fourth-order valence-electron chi connectivity index (χ4n) is 2.05. The van der Waals surface area contributed by atoms with Crippen LogP contribution in [0, 0.1) is 0 Å². The topological polar surface area (TPSA) is 35.5 Å². The Hall–Kier alpha value is -0.770. The molecule has 0 spiro atoms. The van der Waals surface area contributed by atoms with E-state index in [1.54, 1.807) is 0 Å². The number of hydrogen-bond donors (Lipinski definition) is 0. The molecular formula is C10H20NO3+. The molecule has 0 bridgehead atoms. The zero-order valence-corrected chi connectivity index (χ0v) is 9.12. The van der Waals surface area contributed by atoms with Crippen LogP contribution in [-0.2, 0) is 9.57 Å².